The van der Waals surface area contributed by atoms with Gasteiger partial charge in [-0.1, -0.05) is 62.8 Å². The van der Waals surface area contributed by atoms with Crippen molar-refractivity contribution in [3.63, 3.8) is 0 Å². The van der Waals surface area contributed by atoms with Gasteiger partial charge in [-0.2, -0.15) is 0 Å². The van der Waals surface area contributed by atoms with Crippen LogP contribution in [-0.2, 0) is 9.59 Å². The van der Waals surface area contributed by atoms with Crippen LogP contribution in [0.3, 0.4) is 0 Å². The van der Waals surface area contributed by atoms with Crippen molar-refractivity contribution >= 4 is 11.9 Å². The molecule has 0 amide bonds. The van der Waals surface area contributed by atoms with Gasteiger partial charge in [-0.25, -0.2) is 0 Å². The first-order chi connectivity index (χ1) is 7.46. The number of carboxylic acids is 2. The normalized spacial score (nSPS) is 3.89. The van der Waals surface area contributed by atoms with E-state index in [0.29, 0.717) is 0 Å². The average molecular weight is 336 g/mol. The van der Waals surface area contributed by atoms with E-state index in [2.05, 4.69) is 0 Å². The average Bonchev–Trinajstić information content (AvgIpc) is 2.27. The van der Waals surface area contributed by atoms with Crippen molar-refractivity contribution in [2.75, 3.05) is 0 Å². The molecule has 0 unspecified atom stereocenters. The van der Waals surface area contributed by atoms with Crippen molar-refractivity contribution in [1.29, 1.82) is 0 Å². The molecule has 0 rings (SSSR count). The molecular formula is C13H36Ar2O4. The second kappa shape index (κ2) is 119. The van der Waals surface area contributed by atoms with Crippen LogP contribution >= 0.6 is 0 Å². The maximum Gasteiger partial charge on any atom is 0.300 e. The Labute approximate surface area is 181 Å². The van der Waals surface area contributed by atoms with Gasteiger partial charge in [0.05, 0.1) is 0 Å². The van der Waals surface area contributed by atoms with E-state index in [1.165, 1.54) is 0 Å². The maximum atomic E-state index is 9.00. The third-order valence-electron chi connectivity index (χ3n) is 0. The van der Waals surface area contributed by atoms with Gasteiger partial charge < -0.3 is 10.2 Å². The van der Waals surface area contributed by atoms with Crippen LogP contribution in [0, 0.1) is 75.5 Å². The molecule has 0 atom stereocenters. The van der Waals surface area contributed by atoms with Gasteiger partial charge in [0.2, 0.25) is 0 Å². The standard InChI is InChI=1S/2C2H4O2.4C2H6.CH4.2Ar/c2*1-2(3)4;4*1-2;;;/h2*1H3,(H,3,4);4*1-2H3;1H4;;. The molecule has 0 fully saturated rings. The summed E-state index contributed by atoms with van der Waals surface area (Å²) in [4.78, 5) is 18.0. The van der Waals surface area contributed by atoms with Crippen LogP contribution in [0.4, 0.5) is 0 Å². The van der Waals surface area contributed by atoms with Crippen LogP contribution in [0.1, 0.15) is 76.7 Å². The van der Waals surface area contributed by atoms with Gasteiger partial charge in [0, 0.05) is 89.3 Å². The van der Waals surface area contributed by atoms with Crippen molar-refractivity contribution < 1.29 is 95.3 Å². The molecule has 0 aliphatic heterocycles. The minimum atomic E-state index is -0.833. The molecule has 19 heavy (non-hydrogen) atoms. The zero-order chi connectivity index (χ0) is 15.2. The summed E-state index contributed by atoms with van der Waals surface area (Å²) in [5, 5.41) is 14.8. The van der Waals surface area contributed by atoms with E-state index >= 15 is 0 Å². The molecule has 0 saturated heterocycles. The molecule has 0 spiro atoms. The number of aliphatic carboxylic acids is 2. The Bertz CT molecular complexity index is 80.6. The molecule has 0 aromatic heterocycles. The summed E-state index contributed by atoms with van der Waals surface area (Å²) in [6.07, 6.45) is 0. The Morgan fingerprint density at radius 3 is 0.579 bits per heavy atom. The molecule has 128 valence electrons. The molecular weight excluding hydrogens is 300 g/mol. The number of carbonyl (C=O) groups is 2. The Kier molecular flexibility index (Phi) is 370. The van der Waals surface area contributed by atoms with Gasteiger partial charge >= 0.3 is 0 Å². The molecule has 4 nitrogen and oxygen atoms in total. The van der Waals surface area contributed by atoms with Crippen molar-refractivity contribution in [2.24, 2.45) is 0 Å². The molecule has 0 saturated carbocycles. The van der Waals surface area contributed by atoms with Crippen LogP contribution in [-0.4, -0.2) is 22.2 Å². The molecule has 2 N–H and O–H groups in total. The molecule has 0 aliphatic carbocycles. The maximum absolute atomic E-state index is 9.00. The van der Waals surface area contributed by atoms with E-state index in [1.807, 2.05) is 55.4 Å². The Morgan fingerprint density at radius 1 is 0.579 bits per heavy atom. The van der Waals surface area contributed by atoms with Crippen LogP contribution < -0.4 is 0 Å². The third kappa shape index (κ3) is 2780. The Hall–Kier alpha value is 1.46. The molecule has 0 aromatic carbocycles. The first kappa shape index (κ1) is 59.0. The minimum absolute atomic E-state index is 0. The topological polar surface area (TPSA) is 74.6 Å². The molecule has 0 bridgehead atoms. The number of rotatable bonds is 0. The first-order valence-electron chi connectivity index (χ1n) is 5.86. The van der Waals surface area contributed by atoms with Crippen molar-refractivity contribution in [1.82, 2.24) is 0 Å². The van der Waals surface area contributed by atoms with Gasteiger partial charge in [0.1, 0.15) is 0 Å². The smallest absolute Gasteiger partial charge is 0.300 e. The number of carboxylic acid groups (broad SMARTS) is 2. The molecule has 0 aliphatic rings. The number of hydrogen-bond donors (Lipinski definition) is 2. The summed E-state index contributed by atoms with van der Waals surface area (Å²) >= 11 is 0. The van der Waals surface area contributed by atoms with Crippen molar-refractivity contribution in [3.05, 3.63) is 0 Å². The predicted molar refractivity (Wildman–Crippen MR) is 78.7 cm³/mol. The second-order valence-electron chi connectivity index (χ2n) is 1.04. The summed E-state index contributed by atoms with van der Waals surface area (Å²) in [6, 6.07) is 0. The van der Waals surface area contributed by atoms with Gasteiger partial charge in [-0.05, 0) is 0 Å². The van der Waals surface area contributed by atoms with Gasteiger partial charge in [0.25, 0.3) is 11.9 Å². The fourth-order valence-corrected chi connectivity index (χ4v) is 0. The summed E-state index contributed by atoms with van der Waals surface area (Å²) < 4.78 is 0. The second-order valence-corrected chi connectivity index (χ2v) is 1.04. The quantitative estimate of drug-likeness (QED) is 0.658. The van der Waals surface area contributed by atoms with Crippen LogP contribution in [0.5, 0.6) is 0 Å². The third-order valence-corrected chi connectivity index (χ3v) is 0. The van der Waals surface area contributed by atoms with E-state index in [1.54, 1.807) is 0 Å². The minimum Gasteiger partial charge on any atom is -0.481 e. The molecule has 0 aromatic rings. The van der Waals surface area contributed by atoms with E-state index in [9.17, 15) is 0 Å². The Morgan fingerprint density at radius 2 is 0.579 bits per heavy atom. The van der Waals surface area contributed by atoms with Crippen molar-refractivity contribution in [2.45, 2.75) is 76.7 Å². The summed E-state index contributed by atoms with van der Waals surface area (Å²) in [5.74, 6) is -1.67. The van der Waals surface area contributed by atoms with Crippen LogP contribution in [0.2, 0.25) is 0 Å². The molecule has 0 heterocycles. The summed E-state index contributed by atoms with van der Waals surface area (Å²) in [5.41, 5.74) is 0. The van der Waals surface area contributed by atoms with E-state index in [4.69, 9.17) is 19.8 Å². The summed E-state index contributed by atoms with van der Waals surface area (Å²) in [7, 11) is 0. The van der Waals surface area contributed by atoms with E-state index < -0.39 is 11.9 Å². The molecule has 0 radical (unpaired) electrons. The monoisotopic (exact) mass is 336 g/mol. The number of hydrogen-bond acceptors (Lipinski definition) is 2. The largest absolute Gasteiger partial charge is 0.481 e. The fraction of sp³-hybridized carbons (Fsp3) is 0.846. The molecule has 6 heteroatoms. The summed E-state index contributed by atoms with van der Waals surface area (Å²) in [6.45, 7) is 18.2. The van der Waals surface area contributed by atoms with Gasteiger partial charge in [-0.3, -0.25) is 9.59 Å². The fourth-order valence-electron chi connectivity index (χ4n) is 0. The zero-order valence-corrected chi connectivity index (χ0v) is 14.8. The van der Waals surface area contributed by atoms with E-state index in [0.717, 1.165) is 13.8 Å². The van der Waals surface area contributed by atoms with E-state index in [-0.39, 0.29) is 82.9 Å². The first-order valence-corrected chi connectivity index (χ1v) is 5.86. The SMILES string of the molecule is C.CC.CC.CC.CC.CC(=O)O.CC(=O)O.[Ar].[Ar]. The van der Waals surface area contributed by atoms with Gasteiger partial charge in [0.15, 0.2) is 0 Å². The van der Waals surface area contributed by atoms with Gasteiger partial charge in [-0.15, -0.1) is 0 Å². The van der Waals surface area contributed by atoms with Crippen molar-refractivity contribution in [3.8, 4) is 0 Å². The zero-order valence-electron chi connectivity index (χ0n) is 13.4. The Balaban J connectivity index is -0.00000000908. The van der Waals surface area contributed by atoms with Crippen LogP contribution in [0.25, 0.3) is 0 Å². The van der Waals surface area contributed by atoms with Crippen LogP contribution in [0.15, 0.2) is 0 Å². The predicted octanol–water partition coefficient (Wildman–Crippen LogP) is 4.92.